The van der Waals surface area contributed by atoms with Gasteiger partial charge in [-0.3, -0.25) is 0 Å². The molecule has 2 heterocycles. The summed E-state index contributed by atoms with van der Waals surface area (Å²) >= 11 is 0. The standard InChI is InChI=1S/C39H21NO2/c1-2-7-26-23(6-1)16-18-34-38(26)42-39(40-34)24-14-12-22(13-15-24)25-17-19-35-31(20-25)33-21-32-28-9-4-3-8-27(28)29-10-5-11-30(36(29)32)37(33)41-35/h1-21H. The van der Waals surface area contributed by atoms with Gasteiger partial charge in [0.25, 0.3) is 0 Å². The van der Waals surface area contributed by atoms with E-state index in [0.29, 0.717) is 5.89 Å². The summed E-state index contributed by atoms with van der Waals surface area (Å²) in [5.74, 6) is 0.633. The van der Waals surface area contributed by atoms with Gasteiger partial charge in [-0.2, -0.15) is 0 Å². The Balaban J connectivity index is 1.10. The fourth-order valence-electron chi connectivity index (χ4n) is 6.86. The summed E-state index contributed by atoms with van der Waals surface area (Å²) in [6.45, 7) is 0. The molecule has 0 radical (unpaired) electrons. The Morgan fingerprint density at radius 2 is 1.17 bits per heavy atom. The lowest BCUT2D eigenvalue weighted by molar-refractivity contribution is 0.623. The Morgan fingerprint density at radius 3 is 2.07 bits per heavy atom. The molecule has 0 saturated heterocycles. The third kappa shape index (κ3) is 2.92. The quantitative estimate of drug-likeness (QED) is 0.221. The van der Waals surface area contributed by atoms with Gasteiger partial charge in [0.15, 0.2) is 5.58 Å². The molecule has 0 fully saturated rings. The van der Waals surface area contributed by atoms with E-state index < -0.39 is 0 Å². The molecule has 9 aromatic rings. The fourth-order valence-corrected chi connectivity index (χ4v) is 6.86. The fraction of sp³-hybridized carbons (Fsp3) is 0. The number of nitrogens with zero attached hydrogens (tertiary/aromatic N) is 1. The van der Waals surface area contributed by atoms with Crippen LogP contribution in [-0.2, 0) is 0 Å². The van der Waals surface area contributed by atoms with Crippen molar-refractivity contribution in [3.05, 3.63) is 127 Å². The average molecular weight is 536 g/mol. The van der Waals surface area contributed by atoms with Crippen LogP contribution in [0.2, 0.25) is 0 Å². The minimum absolute atomic E-state index is 0.633. The summed E-state index contributed by atoms with van der Waals surface area (Å²) in [6.07, 6.45) is 0. The molecule has 2 aromatic heterocycles. The molecular formula is C39H21NO2. The van der Waals surface area contributed by atoms with E-state index in [9.17, 15) is 0 Å². The Hall–Kier alpha value is -5.67. The highest BCUT2D eigenvalue weighted by Gasteiger charge is 2.24. The maximum atomic E-state index is 6.51. The zero-order chi connectivity index (χ0) is 27.4. The molecule has 0 amide bonds. The van der Waals surface area contributed by atoms with Crippen LogP contribution in [-0.4, -0.2) is 4.98 Å². The minimum Gasteiger partial charge on any atom is -0.455 e. The molecule has 0 spiro atoms. The van der Waals surface area contributed by atoms with E-state index >= 15 is 0 Å². The lowest BCUT2D eigenvalue weighted by Gasteiger charge is -2.04. The number of rotatable bonds is 2. The third-order valence-electron chi connectivity index (χ3n) is 8.85. The molecule has 3 nitrogen and oxygen atoms in total. The smallest absolute Gasteiger partial charge is 0.227 e. The highest BCUT2D eigenvalue weighted by atomic mass is 16.3. The van der Waals surface area contributed by atoms with Gasteiger partial charge in [0.1, 0.15) is 16.7 Å². The largest absolute Gasteiger partial charge is 0.455 e. The molecule has 1 aliphatic rings. The number of hydrogen-bond acceptors (Lipinski definition) is 3. The van der Waals surface area contributed by atoms with E-state index in [2.05, 4.69) is 109 Å². The molecule has 10 rings (SSSR count). The molecule has 0 N–H and O–H groups in total. The maximum absolute atomic E-state index is 6.51. The second-order valence-corrected chi connectivity index (χ2v) is 11.1. The Morgan fingerprint density at radius 1 is 0.429 bits per heavy atom. The van der Waals surface area contributed by atoms with Crippen molar-refractivity contribution < 1.29 is 8.83 Å². The summed E-state index contributed by atoms with van der Waals surface area (Å²) in [5.41, 5.74) is 11.9. The summed E-state index contributed by atoms with van der Waals surface area (Å²) in [5, 5.41) is 6.97. The molecule has 0 aliphatic heterocycles. The van der Waals surface area contributed by atoms with Crippen molar-refractivity contribution in [1.82, 2.24) is 4.98 Å². The monoisotopic (exact) mass is 535 g/mol. The minimum atomic E-state index is 0.633. The normalized spacial score (nSPS) is 12.3. The predicted octanol–water partition coefficient (Wildman–Crippen LogP) is 11.0. The number of furan rings is 1. The van der Waals surface area contributed by atoms with Gasteiger partial charge in [-0.15, -0.1) is 0 Å². The van der Waals surface area contributed by atoms with Gasteiger partial charge in [0.2, 0.25) is 5.89 Å². The van der Waals surface area contributed by atoms with Crippen molar-refractivity contribution in [3.63, 3.8) is 0 Å². The van der Waals surface area contributed by atoms with Crippen molar-refractivity contribution >= 4 is 54.6 Å². The van der Waals surface area contributed by atoms with Gasteiger partial charge >= 0.3 is 0 Å². The van der Waals surface area contributed by atoms with Crippen LogP contribution >= 0.6 is 0 Å². The zero-order valence-corrected chi connectivity index (χ0v) is 22.4. The lowest BCUT2D eigenvalue weighted by Crippen LogP contribution is -1.81. The van der Waals surface area contributed by atoms with Crippen LogP contribution in [0.5, 0.6) is 0 Å². The number of oxazole rings is 1. The van der Waals surface area contributed by atoms with Crippen LogP contribution in [0.3, 0.4) is 0 Å². The topological polar surface area (TPSA) is 39.2 Å². The zero-order valence-electron chi connectivity index (χ0n) is 22.4. The molecule has 0 atom stereocenters. The van der Waals surface area contributed by atoms with Crippen molar-refractivity contribution in [1.29, 1.82) is 0 Å². The first-order chi connectivity index (χ1) is 20.8. The summed E-state index contributed by atoms with van der Waals surface area (Å²) in [4.78, 5) is 4.79. The van der Waals surface area contributed by atoms with Crippen LogP contribution in [0.4, 0.5) is 0 Å². The van der Waals surface area contributed by atoms with Crippen LogP contribution in [0, 0.1) is 0 Å². The average Bonchev–Trinajstić information content (AvgIpc) is 3.75. The van der Waals surface area contributed by atoms with Gasteiger partial charge in [0, 0.05) is 32.5 Å². The SMILES string of the molecule is c1ccc2c(c1)-c1cccc3c1c-2cc1c2cc(-c4ccc(-c5nc6ccc7ccccc7c6o5)cc4)ccc2oc31. The summed E-state index contributed by atoms with van der Waals surface area (Å²) < 4.78 is 12.8. The molecule has 1 aliphatic carbocycles. The van der Waals surface area contributed by atoms with Crippen molar-refractivity contribution in [2.24, 2.45) is 0 Å². The first kappa shape index (κ1) is 22.1. The van der Waals surface area contributed by atoms with E-state index in [-0.39, 0.29) is 0 Å². The predicted molar refractivity (Wildman–Crippen MR) is 172 cm³/mol. The summed E-state index contributed by atoms with van der Waals surface area (Å²) in [7, 11) is 0. The van der Waals surface area contributed by atoms with E-state index in [1.54, 1.807) is 0 Å². The molecule has 3 heteroatoms. The van der Waals surface area contributed by atoms with Crippen LogP contribution in [0.1, 0.15) is 0 Å². The number of aromatic nitrogens is 1. The Labute approximate surface area is 240 Å². The maximum Gasteiger partial charge on any atom is 0.227 e. The number of fused-ring (bicyclic) bond motifs is 10. The molecule has 0 bridgehead atoms. The van der Waals surface area contributed by atoms with Crippen LogP contribution in [0.15, 0.2) is 136 Å². The van der Waals surface area contributed by atoms with Gasteiger partial charge in [0.05, 0.1) is 0 Å². The van der Waals surface area contributed by atoms with Crippen LogP contribution in [0.25, 0.3) is 99.4 Å². The molecular weight excluding hydrogens is 514 g/mol. The highest BCUT2D eigenvalue weighted by molar-refractivity contribution is 6.26. The number of hydrogen-bond donors (Lipinski definition) is 0. The molecule has 0 saturated carbocycles. The van der Waals surface area contributed by atoms with E-state index in [0.717, 1.165) is 60.5 Å². The molecule has 7 aromatic carbocycles. The van der Waals surface area contributed by atoms with Gasteiger partial charge in [-0.1, -0.05) is 91.0 Å². The molecule has 42 heavy (non-hydrogen) atoms. The summed E-state index contributed by atoms with van der Waals surface area (Å²) in [6, 6.07) is 44.9. The van der Waals surface area contributed by atoms with Crippen molar-refractivity contribution in [2.45, 2.75) is 0 Å². The first-order valence-corrected chi connectivity index (χ1v) is 14.2. The second kappa shape index (κ2) is 7.96. The van der Waals surface area contributed by atoms with Crippen LogP contribution < -0.4 is 0 Å². The van der Waals surface area contributed by atoms with Gasteiger partial charge in [-0.05, 0) is 75.2 Å². The first-order valence-electron chi connectivity index (χ1n) is 14.2. The van der Waals surface area contributed by atoms with E-state index in [1.807, 2.05) is 18.2 Å². The molecule has 194 valence electrons. The Kier molecular flexibility index (Phi) is 4.18. The van der Waals surface area contributed by atoms with E-state index in [4.69, 9.17) is 13.8 Å². The molecule has 0 unspecified atom stereocenters. The van der Waals surface area contributed by atoms with Gasteiger partial charge in [-0.25, -0.2) is 4.98 Å². The van der Waals surface area contributed by atoms with E-state index in [1.165, 1.54) is 33.0 Å². The number of benzene rings is 7. The Bertz CT molecular complexity index is 2570. The second-order valence-electron chi connectivity index (χ2n) is 11.1. The van der Waals surface area contributed by atoms with Crippen molar-refractivity contribution in [3.8, 4) is 44.8 Å². The van der Waals surface area contributed by atoms with Gasteiger partial charge < -0.3 is 8.83 Å². The lowest BCUT2D eigenvalue weighted by atomic mass is 9.98. The third-order valence-corrected chi connectivity index (χ3v) is 8.85. The van der Waals surface area contributed by atoms with Crippen molar-refractivity contribution in [2.75, 3.05) is 0 Å². The highest BCUT2D eigenvalue weighted by Crippen LogP contribution is 2.50.